The molecule has 0 atom stereocenters. The van der Waals surface area contributed by atoms with Gasteiger partial charge in [0.15, 0.2) is 5.76 Å². The van der Waals surface area contributed by atoms with E-state index in [0.29, 0.717) is 50.7 Å². The van der Waals surface area contributed by atoms with Gasteiger partial charge in [0, 0.05) is 39.3 Å². The Bertz CT molecular complexity index is 1080. The summed E-state index contributed by atoms with van der Waals surface area (Å²) in [5, 5.41) is 4.37. The molecule has 2 aromatic heterocycles. The van der Waals surface area contributed by atoms with Crippen LogP contribution in [0.15, 0.2) is 27.7 Å². The first kappa shape index (κ1) is 22.5. The molecule has 0 saturated carbocycles. The number of sulfonamides is 1. The molecule has 4 rings (SSSR count). The highest BCUT2D eigenvalue weighted by Crippen LogP contribution is 2.26. The van der Waals surface area contributed by atoms with E-state index in [9.17, 15) is 18.0 Å². The zero-order valence-electron chi connectivity index (χ0n) is 18.5. The van der Waals surface area contributed by atoms with Gasteiger partial charge in [-0.1, -0.05) is 6.42 Å². The largest absolute Gasteiger partial charge is 0.459 e. The first-order chi connectivity index (χ1) is 15.3. The molecule has 2 fully saturated rings. The van der Waals surface area contributed by atoms with E-state index in [1.165, 1.54) is 15.3 Å². The topological polar surface area (TPSA) is 109 Å². The molecule has 10 nitrogen and oxygen atoms in total. The van der Waals surface area contributed by atoms with Gasteiger partial charge < -0.3 is 14.2 Å². The maximum atomic E-state index is 13.2. The van der Waals surface area contributed by atoms with E-state index in [2.05, 4.69) is 5.10 Å². The van der Waals surface area contributed by atoms with E-state index in [-0.39, 0.29) is 29.0 Å². The maximum Gasteiger partial charge on any atom is 0.289 e. The molecular weight excluding hydrogens is 434 g/mol. The van der Waals surface area contributed by atoms with Gasteiger partial charge in [-0.15, -0.1) is 0 Å². The minimum atomic E-state index is -3.63. The number of piperidine rings is 1. The van der Waals surface area contributed by atoms with Crippen LogP contribution in [0.1, 0.15) is 41.2 Å². The molecule has 32 heavy (non-hydrogen) atoms. The van der Waals surface area contributed by atoms with Crippen LogP contribution >= 0.6 is 0 Å². The third-order valence-electron chi connectivity index (χ3n) is 6.16. The van der Waals surface area contributed by atoms with Gasteiger partial charge in [0.1, 0.15) is 11.4 Å². The Morgan fingerprint density at radius 3 is 2.28 bits per heavy atom. The number of furan rings is 1. The minimum absolute atomic E-state index is 0.0334. The van der Waals surface area contributed by atoms with Crippen LogP contribution in [0.2, 0.25) is 0 Å². The lowest BCUT2D eigenvalue weighted by Gasteiger charge is -2.34. The number of nitrogens with zero attached hydrogens (tertiary/aromatic N) is 5. The average molecular weight is 464 g/mol. The lowest BCUT2D eigenvalue weighted by atomic mass is 10.2. The van der Waals surface area contributed by atoms with Gasteiger partial charge in [0.25, 0.3) is 5.91 Å². The van der Waals surface area contributed by atoms with Crippen LogP contribution in [0, 0.1) is 13.8 Å². The number of amides is 2. The predicted molar refractivity (Wildman–Crippen MR) is 116 cm³/mol. The van der Waals surface area contributed by atoms with Gasteiger partial charge in [-0.2, -0.15) is 9.40 Å². The molecule has 0 radical (unpaired) electrons. The summed E-state index contributed by atoms with van der Waals surface area (Å²) < 4.78 is 34.5. The molecule has 0 spiro atoms. The Labute approximate surface area is 187 Å². The summed E-state index contributed by atoms with van der Waals surface area (Å²) in [5.74, 6) is -0.0503. The smallest absolute Gasteiger partial charge is 0.289 e. The van der Waals surface area contributed by atoms with Crippen molar-refractivity contribution >= 4 is 21.8 Å². The van der Waals surface area contributed by atoms with Crippen LogP contribution in [0.4, 0.5) is 0 Å². The third kappa shape index (κ3) is 4.31. The van der Waals surface area contributed by atoms with Crippen molar-refractivity contribution in [2.24, 2.45) is 0 Å². The number of piperazine rings is 1. The second-order valence-corrected chi connectivity index (χ2v) is 10.1. The van der Waals surface area contributed by atoms with E-state index in [1.807, 2.05) is 0 Å². The quantitative estimate of drug-likeness (QED) is 0.660. The van der Waals surface area contributed by atoms with Crippen LogP contribution in [0.25, 0.3) is 0 Å². The zero-order chi connectivity index (χ0) is 22.9. The normalized spacial score (nSPS) is 18.2. The monoisotopic (exact) mass is 463 g/mol. The summed E-state index contributed by atoms with van der Waals surface area (Å²) in [7, 11) is -3.63. The van der Waals surface area contributed by atoms with Crippen molar-refractivity contribution in [1.82, 2.24) is 23.9 Å². The Morgan fingerprint density at radius 1 is 1.00 bits per heavy atom. The average Bonchev–Trinajstić information content (AvgIpc) is 3.42. The van der Waals surface area contributed by atoms with Gasteiger partial charge in [0.05, 0.1) is 17.7 Å². The summed E-state index contributed by atoms with van der Waals surface area (Å²) in [5.41, 5.74) is 0.891. The lowest BCUT2D eigenvalue weighted by Crippen LogP contribution is -2.51. The van der Waals surface area contributed by atoms with Crippen LogP contribution < -0.4 is 0 Å². The van der Waals surface area contributed by atoms with Crippen LogP contribution in [0.3, 0.4) is 0 Å². The number of hydrogen-bond donors (Lipinski definition) is 0. The Kier molecular flexibility index (Phi) is 6.38. The molecule has 2 aliphatic heterocycles. The molecule has 0 aromatic carbocycles. The first-order valence-corrected chi connectivity index (χ1v) is 12.4. The fourth-order valence-electron chi connectivity index (χ4n) is 4.39. The van der Waals surface area contributed by atoms with Crippen molar-refractivity contribution in [1.29, 1.82) is 0 Å². The molecule has 174 valence electrons. The van der Waals surface area contributed by atoms with Gasteiger partial charge in [-0.05, 0) is 38.8 Å². The summed E-state index contributed by atoms with van der Waals surface area (Å²) >= 11 is 0. The van der Waals surface area contributed by atoms with E-state index in [0.717, 1.165) is 19.3 Å². The zero-order valence-corrected chi connectivity index (χ0v) is 19.3. The van der Waals surface area contributed by atoms with Crippen molar-refractivity contribution in [3.8, 4) is 0 Å². The van der Waals surface area contributed by atoms with E-state index >= 15 is 0 Å². The van der Waals surface area contributed by atoms with E-state index < -0.39 is 10.0 Å². The molecule has 4 heterocycles. The Morgan fingerprint density at radius 2 is 1.66 bits per heavy atom. The van der Waals surface area contributed by atoms with E-state index in [4.69, 9.17) is 4.42 Å². The second-order valence-electron chi connectivity index (χ2n) is 8.27. The van der Waals surface area contributed by atoms with Crippen molar-refractivity contribution in [3.05, 3.63) is 35.5 Å². The molecule has 2 aliphatic rings. The molecule has 2 saturated heterocycles. The van der Waals surface area contributed by atoms with Gasteiger partial charge >= 0.3 is 0 Å². The summed E-state index contributed by atoms with van der Waals surface area (Å²) in [6, 6.07) is 3.29. The van der Waals surface area contributed by atoms with Crippen molar-refractivity contribution < 1.29 is 22.4 Å². The van der Waals surface area contributed by atoms with Crippen molar-refractivity contribution in [3.63, 3.8) is 0 Å². The third-order valence-corrected chi connectivity index (χ3v) is 8.32. The van der Waals surface area contributed by atoms with Crippen molar-refractivity contribution in [2.45, 2.75) is 44.6 Å². The SMILES string of the molecule is Cc1nn(CC(=O)N2CCN(C(=O)c3ccco3)CC2)c(C)c1S(=O)(=O)N1CCCCC1. The van der Waals surface area contributed by atoms with E-state index in [1.54, 1.807) is 35.8 Å². The summed E-state index contributed by atoms with van der Waals surface area (Å²) in [6.45, 7) is 6.02. The molecule has 2 aromatic rings. The Balaban J connectivity index is 1.41. The van der Waals surface area contributed by atoms with Crippen LogP contribution in [-0.4, -0.2) is 83.4 Å². The van der Waals surface area contributed by atoms with Gasteiger partial charge in [0.2, 0.25) is 15.9 Å². The molecule has 11 heteroatoms. The highest BCUT2D eigenvalue weighted by atomic mass is 32.2. The fourth-order valence-corrected chi connectivity index (χ4v) is 6.28. The number of aryl methyl sites for hydroxylation is 1. The molecule has 0 unspecified atom stereocenters. The number of aromatic nitrogens is 2. The maximum absolute atomic E-state index is 13.2. The first-order valence-electron chi connectivity index (χ1n) is 10.9. The number of hydrogen-bond acceptors (Lipinski definition) is 6. The predicted octanol–water partition coefficient (Wildman–Crippen LogP) is 1.25. The number of carbonyl (C=O) groups is 2. The molecule has 0 N–H and O–H groups in total. The molecule has 2 amide bonds. The van der Waals surface area contributed by atoms with Crippen LogP contribution in [0.5, 0.6) is 0 Å². The van der Waals surface area contributed by atoms with Gasteiger partial charge in [-0.3, -0.25) is 14.3 Å². The fraction of sp³-hybridized carbons (Fsp3) is 0.571. The van der Waals surface area contributed by atoms with Gasteiger partial charge in [-0.25, -0.2) is 8.42 Å². The van der Waals surface area contributed by atoms with Crippen LogP contribution in [-0.2, 0) is 21.4 Å². The molecule has 0 bridgehead atoms. The standard InChI is InChI=1S/C21H29N5O5S/c1-16-20(32(29,30)25-8-4-3-5-9-25)17(2)26(22-16)15-19(27)23-10-12-24(13-11-23)21(28)18-7-6-14-31-18/h6-7,14H,3-5,8-13,15H2,1-2H3. The summed E-state index contributed by atoms with van der Waals surface area (Å²) in [4.78, 5) is 28.8. The van der Waals surface area contributed by atoms with Crippen molar-refractivity contribution in [2.75, 3.05) is 39.3 Å². The molecule has 0 aliphatic carbocycles. The Hall–Kier alpha value is -2.66. The minimum Gasteiger partial charge on any atom is -0.459 e. The summed E-state index contributed by atoms with van der Waals surface area (Å²) in [6.07, 6.45) is 4.22. The number of rotatable bonds is 5. The lowest BCUT2D eigenvalue weighted by molar-refractivity contribution is -0.133. The highest BCUT2D eigenvalue weighted by Gasteiger charge is 2.33. The highest BCUT2D eigenvalue weighted by molar-refractivity contribution is 7.89. The number of carbonyl (C=O) groups excluding carboxylic acids is 2. The second kappa shape index (κ2) is 9.07. The molecular formula is C21H29N5O5S.